The molecule has 0 radical (unpaired) electrons. The van der Waals surface area contributed by atoms with Gasteiger partial charge in [0.2, 0.25) is 0 Å². The summed E-state index contributed by atoms with van der Waals surface area (Å²) in [5.41, 5.74) is 0.496. The summed E-state index contributed by atoms with van der Waals surface area (Å²) >= 11 is 0. The third-order valence-electron chi connectivity index (χ3n) is 3.83. The Labute approximate surface area is 133 Å². The van der Waals surface area contributed by atoms with Crippen LogP contribution in [0.2, 0.25) is 0 Å². The van der Waals surface area contributed by atoms with Gasteiger partial charge in [0, 0.05) is 0 Å². The first-order valence-corrected chi connectivity index (χ1v) is 7.29. The quantitative estimate of drug-likeness (QED) is 0.348. The van der Waals surface area contributed by atoms with Crippen molar-refractivity contribution in [3.8, 4) is 0 Å². The minimum absolute atomic E-state index is 0.496. The van der Waals surface area contributed by atoms with Crippen LogP contribution in [0, 0.1) is 0 Å². The van der Waals surface area contributed by atoms with Gasteiger partial charge in [0.1, 0.15) is 36.6 Å². The van der Waals surface area contributed by atoms with Gasteiger partial charge in [0.15, 0.2) is 6.29 Å². The summed E-state index contributed by atoms with van der Waals surface area (Å²) in [4.78, 5) is 0. The van der Waals surface area contributed by atoms with Gasteiger partial charge in [-0.15, -0.1) is 0 Å². The highest BCUT2D eigenvalue weighted by Gasteiger charge is 2.45. The van der Waals surface area contributed by atoms with E-state index in [1.165, 1.54) is 0 Å². The summed E-state index contributed by atoms with van der Waals surface area (Å²) in [6, 6.07) is 8.47. The van der Waals surface area contributed by atoms with Crippen molar-refractivity contribution < 1.29 is 40.1 Å². The van der Waals surface area contributed by atoms with E-state index in [1.54, 1.807) is 30.3 Å². The van der Waals surface area contributed by atoms with Crippen LogP contribution in [0.15, 0.2) is 30.3 Å². The Morgan fingerprint density at radius 2 is 1.65 bits per heavy atom. The second-order valence-electron chi connectivity index (χ2n) is 5.41. The maximum atomic E-state index is 10.3. The molecule has 0 bridgehead atoms. The summed E-state index contributed by atoms with van der Waals surface area (Å²) in [6.45, 7) is -1.15. The molecule has 1 saturated heterocycles. The highest BCUT2D eigenvalue weighted by molar-refractivity contribution is 5.18. The number of benzene rings is 1. The van der Waals surface area contributed by atoms with Gasteiger partial charge in [-0.25, -0.2) is 0 Å². The van der Waals surface area contributed by atoms with E-state index in [0.29, 0.717) is 5.56 Å². The molecule has 0 spiro atoms. The maximum Gasteiger partial charge on any atom is 0.187 e. The van der Waals surface area contributed by atoms with Crippen molar-refractivity contribution in [2.24, 2.45) is 0 Å². The molecule has 23 heavy (non-hydrogen) atoms. The van der Waals surface area contributed by atoms with Crippen LogP contribution in [0.3, 0.4) is 0 Å². The molecule has 6 N–H and O–H groups in total. The zero-order valence-electron chi connectivity index (χ0n) is 12.3. The SMILES string of the molecule is OCC(O[C@@H]1O[C@H](CO)[C@@H](O)[C@H](O)[C@H]1O)C(O)c1ccccc1. The highest BCUT2D eigenvalue weighted by Crippen LogP contribution is 2.26. The third kappa shape index (κ3) is 4.06. The van der Waals surface area contributed by atoms with Gasteiger partial charge in [-0.3, -0.25) is 0 Å². The molecule has 1 aromatic carbocycles. The van der Waals surface area contributed by atoms with Crippen LogP contribution in [-0.4, -0.2) is 80.7 Å². The molecule has 7 atom stereocenters. The largest absolute Gasteiger partial charge is 0.394 e. The Morgan fingerprint density at radius 1 is 1.00 bits per heavy atom. The number of aliphatic hydroxyl groups is 6. The van der Waals surface area contributed by atoms with Crippen molar-refractivity contribution in [1.29, 1.82) is 0 Å². The monoisotopic (exact) mass is 330 g/mol. The van der Waals surface area contributed by atoms with Gasteiger partial charge in [0.25, 0.3) is 0 Å². The maximum absolute atomic E-state index is 10.3. The van der Waals surface area contributed by atoms with E-state index in [9.17, 15) is 25.5 Å². The number of hydrogen-bond acceptors (Lipinski definition) is 8. The first kappa shape index (κ1) is 18.2. The molecule has 8 nitrogen and oxygen atoms in total. The second-order valence-corrected chi connectivity index (χ2v) is 5.41. The summed E-state index contributed by atoms with van der Waals surface area (Å²) in [6.07, 6.45) is -9.52. The lowest BCUT2D eigenvalue weighted by Gasteiger charge is -2.41. The van der Waals surface area contributed by atoms with Crippen LogP contribution in [0.5, 0.6) is 0 Å². The normalized spacial score (nSPS) is 34.1. The summed E-state index contributed by atoms with van der Waals surface area (Å²) in [5.74, 6) is 0. The van der Waals surface area contributed by atoms with Gasteiger partial charge in [-0.05, 0) is 5.56 Å². The zero-order valence-corrected chi connectivity index (χ0v) is 12.3. The number of hydrogen-bond donors (Lipinski definition) is 6. The molecular formula is C15H22O8. The van der Waals surface area contributed by atoms with Crippen molar-refractivity contribution in [3.05, 3.63) is 35.9 Å². The molecule has 1 fully saturated rings. The van der Waals surface area contributed by atoms with Crippen LogP contribution in [0.4, 0.5) is 0 Å². The second kappa shape index (κ2) is 8.13. The Morgan fingerprint density at radius 3 is 2.22 bits per heavy atom. The van der Waals surface area contributed by atoms with Crippen molar-refractivity contribution in [2.75, 3.05) is 13.2 Å². The zero-order chi connectivity index (χ0) is 17.0. The van der Waals surface area contributed by atoms with Gasteiger partial charge >= 0.3 is 0 Å². The fourth-order valence-electron chi connectivity index (χ4n) is 2.43. The van der Waals surface area contributed by atoms with E-state index in [0.717, 1.165) is 0 Å². The fraction of sp³-hybridized carbons (Fsp3) is 0.600. The standard InChI is InChI=1S/C15H22O8/c16-6-9(11(18)8-4-2-1-3-5-8)22-15-14(21)13(20)12(19)10(7-17)23-15/h1-5,9-21H,6-7H2/t9?,10-,11?,12-,13+,14-,15-/m1/s1. The Kier molecular flexibility index (Phi) is 6.45. The lowest BCUT2D eigenvalue weighted by molar-refractivity contribution is -0.319. The molecule has 2 rings (SSSR count). The summed E-state index contributed by atoms with van der Waals surface area (Å²) in [7, 11) is 0. The van der Waals surface area contributed by atoms with Crippen LogP contribution in [0.25, 0.3) is 0 Å². The average Bonchev–Trinajstić information content (AvgIpc) is 2.59. The van der Waals surface area contributed by atoms with Crippen molar-refractivity contribution in [2.45, 2.75) is 42.9 Å². The molecule has 130 valence electrons. The van der Waals surface area contributed by atoms with E-state index < -0.39 is 56.1 Å². The predicted octanol–water partition coefficient (Wildman–Crippen LogP) is -2.10. The fourth-order valence-corrected chi connectivity index (χ4v) is 2.43. The van der Waals surface area contributed by atoms with Crippen LogP contribution in [-0.2, 0) is 9.47 Å². The molecule has 1 heterocycles. The lowest BCUT2D eigenvalue weighted by atomic mass is 9.99. The Hall–Kier alpha value is -1.10. The molecule has 0 saturated carbocycles. The average molecular weight is 330 g/mol. The van der Waals surface area contributed by atoms with Gasteiger partial charge in [-0.2, -0.15) is 0 Å². The first-order chi connectivity index (χ1) is 11.0. The van der Waals surface area contributed by atoms with Crippen molar-refractivity contribution >= 4 is 0 Å². The van der Waals surface area contributed by atoms with E-state index >= 15 is 0 Å². The lowest BCUT2D eigenvalue weighted by Crippen LogP contribution is -2.60. The molecule has 1 aliphatic heterocycles. The third-order valence-corrected chi connectivity index (χ3v) is 3.83. The van der Waals surface area contributed by atoms with Crippen molar-refractivity contribution in [3.63, 3.8) is 0 Å². The molecule has 1 aromatic rings. The van der Waals surface area contributed by atoms with Crippen LogP contribution >= 0.6 is 0 Å². The Balaban J connectivity index is 2.08. The summed E-state index contributed by atoms with van der Waals surface area (Å²) in [5, 5.41) is 58.1. The van der Waals surface area contributed by atoms with E-state index in [1.807, 2.05) is 0 Å². The van der Waals surface area contributed by atoms with Gasteiger partial charge in [-0.1, -0.05) is 30.3 Å². The highest BCUT2D eigenvalue weighted by atomic mass is 16.7. The Bertz CT molecular complexity index is 468. The molecule has 8 heteroatoms. The van der Waals surface area contributed by atoms with Crippen LogP contribution < -0.4 is 0 Å². The van der Waals surface area contributed by atoms with E-state index in [-0.39, 0.29) is 0 Å². The minimum Gasteiger partial charge on any atom is -0.394 e. The number of ether oxygens (including phenoxy) is 2. The first-order valence-electron chi connectivity index (χ1n) is 7.29. The predicted molar refractivity (Wildman–Crippen MR) is 77.1 cm³/mol. The summed E-state index contributed by atoms with van der Waals surface area (Å²) < 4.78 is 10.6. The van der Waals surface area contributed by atoms with Crippen molar-refractivity contribution in [1.82, 2.24) is 0 Å². The smallest absolute Gasteiger partial charge is 0.187 e. The molecule has 2 unspecified atom stereocenters. The topological polar surface area (TPSA) is 140 Å². The molecule has 0 aliphatic carbocycles. The van der Waals surface area contributed by atoms with E-state index in [2.05, 4.69) is 0 Å². The number of aliphatic hydroxyl groups excluding tert-OH is 6. The molecular weight excluding hydrogens is 308 g/mol. The van der Waals surface area contributed by atoms with Gasteiger partial charge in [0.05, 0.1) is 13.2 Å². The molecule has 0 aromatic heterocycles. The molecule has 1 aliphatic rings. The molecule has 0 amide bonds. The van der Waals surface area contributed by atoms with Gasteiger partial charge < -0.3 is 40.1 Å². The minimum atomic E-state index is -1.59. The van der Waals surface area contributed by atoms with E-state index in [4.69, 9.17) is 14.6 Å². The number of rotatable bonds is 6. The van der Waals surface area contributed by atoms with Crippen LogP contribution in [0.1, 0.15) is 11.7 Å².